The Balaban J connectivity index is 1.35. The van der Waals surface area contributed by atoms with Crippen LogP contribution in [0.25, 0.3) is 22.8 Å². The molecular formula is C30H42N8O3. The first-order valence-electron chi connectivity index (χ1n) is 15.7. The molecule has 41 heavy (non-hydrogen) atoms. The smallest absolute Gasteiger partial charge is 0.381 e. The molecule has 0 aromatic carbocycles. The van der Waals surface area contributed by atoms with Crippen LogP contribution in [0.1, 0.15) is 71.1 Å². The van der Waals surface area contributed by atoms with Gasteiger partial charge >= 0.3 is 5.76 Å². The number of nitrogens with zero attached hydrogens (tertiary/aromatic N) is 6. The first-order valence-corrected chi connectivity index (χ1v) is 15.7. The number of hydrogen-bond acceptors (Lipinski definition) is 9. The Bertz CT molecular complexity index is 1430. The normalized spacial score (nSPS) is 27.8. The summed E-state index contributed by atoms with van der Waals surface area (Å²) in [6.07, 6.45) is 13.9. The fourth-order valence-corrected chi connectivity index (χ4v) is 7.50. The molecule has 4 aliphatic rings. The van der Waals surface area contributed by atoms with Crippen molar-refractivity contribution in [2.24, 2.45) is 23.7 Å². The van der Waals surface area contributed by atoms with E-state index in [2.05, 4.69) is 44.5 Å². The highest BCUT2D eigenvalue weighted by Gasteiger charge is 2.37. The largest absolute Gasteiger partial charge is 0.439 e. The molecule has 2 aliphatic heterocycles. The van der Waals surface area contributed by atoms with Crippen molar-refractivity contribution >= 4 is 22.9 Å². The first kappa shape index (κ1) is 26.7. The fraction of sp³-hybridized carbons (Fsp3) is 0.700. The van der Waals surface area contributed by atoms with Crippen LogP contribution >= 0.6 is 0 Å². The molecule has 2 unspecified atom stereocenters. The van der Waals surface area contributed by atoms with Gasteiger partial charge in [0, 0.05) is 37.7 Å². The zero-order chi connectivity index (χ0) is 27.9. The molecule has 2 saturated carbocycles. The highest BCUT2D eigenvalue weighted by atomic mass is 16.5. The number of aromatic nitrogens is 6. The number of aromatic amines is 1. The standard InChI is InChI=1S/C30H42N8O3/c1-3-19-9-11-20(12-10-19)16-38-24-25(31-18(2)21-6-4-7-21)32-27(28-35-30(39)41-36-28)33-26(24)34-29(38)37-14-5-8-22-17-40-15-13-23(22)37/h3,18-23H,1,4-17H2,2H3,(H,31,32,33)(H,35,36,39)/t18-,19?,20?,22?,23?/m1/s1. The molecule has 11 heteroatoms. The summed E-state index contributed by atoms with van der Waals surface area (Å²) in [4.78, 5) is 32.0. The lowest BCUT2D eigenvalue weighted by Gasteiger charge is -2.44. The van der Waals surface area contributed by atoms with E-state index < -0.39 is 5.76 Å². The van der Waals surface area contributed by atoms with Gasteiger partial charge in [-0.25, -0.2) is 14.8 Å². The van der Waals surface area contributed by atoms with Crippen molar-refractivity contribution in [1.29, 1.82) is 0 Å². The van der Waals surface area contributed by atoms with E-state index in [1.54, 1.807) is 0 Å². The highest BCUT2D eigenvalue weighted by molar-refractivity contribution is 5.87. The minimum atomic E-state index is -0.624. The van der Waals surface area contributed by atoms with Gasteiger partial charge in [0.05, 0.1) is 6.61 Å². The van der Waals surface area contributed by atoms with E-state index in [1.807, 2.05) is 0 Å². The summed E-state index contributed by atoms with van der Waals surface area (Å²) in [6, 6.07) is 0.671. The van der Waals surface area contributed by atoms with Crippen LogP contribution in [0.15, 0.2) is 22.0 Å². The zero-order valence-corrected chi connectivity index (χ0v) is 24.1. The van der Waals surface area contributed by atoms with Gasteiger partial charge < -0.3 is 19.5 Å². The number of fused-ring (bicyclic) bond motifs is 2. The van der Waals surface area contributed by atoms with Crippen molar-refractivity contribution < 1.29 is 9.26 Å². The molecule has 220 valence electrons. The monoisotopic (exact) mass is 562 g/mol. The maximum Gasteiger partial charge on any atom is 0.439 e. The number of ether oxygens (including phenoxy) is 1. The zero-order valence-electron chi connectivity index (χ0n) is 24.1. The van der Waals surface area contributed by atoms with E-state index in [9.17, 15) is 4.79 Å². The third-order valence-corrected chi connectivity index (χ3v) is 10.2. The number of piperidine rings is 1. The van der Waals surface area contributed by atoms with Gasteiger partial charge in [0.1, 0.15) is 5.52 Å². The Morgan fingerprint density at radius 3 is 2.68 bits per heavy atom. The molecule has 3 atom stereocenters. The Morgan fingerprint density at radius 1 is 1.10 bits per heavy atom. The van der Waals surface area contributed by atoms with Crippen LogP contribution < -0.4 is 16.0 Å². The second-order valence-corrected chi connectivity index (χ2v) is 12.7. The summed E-state index contributed by atoms with van der Waals surface area (Å²) in [7, 11) is 0. The van der Waals surface area contributed by atoms with Gasteiger partial charge in [-0.05, 0) is 82.5 Å². The predicted molar refractivity (Wildman–Crippen MR) is 157 cm³/mol. The molecule has 11 nitrogen and oxygen atoms in total. The highest BCUT2D eigenvalue weighted by Crippen LogP contribution is 2.39. The molecule has 2 N–H and O–H groups in total. The van der Waals surface area contributed by atoms with E-state index in [0.717, 1.165) is 56.4 Å². The molecule has 0 radical (unpaired) electrons. The number of anilines is 2. The van der Waals surface area contributed by atoms with Crippen LogP contribution in [0.4, 0.5) is 11.8 Å². The SMILES string of the molecule is C=CC1CCC(Cn2c(N3CCCC4COCCC43)nc3nc(-c4noc(=O)[nH]4)nc(N[C@H](C)C4CCC4)c32)CC1. The van der Waals surface area contributed by atoms with Crippen LogP contribution in [0, 0.1) is 23.7 Å². The Morgan fingerprint density at radius 2 is 1.95 bits per heavy atom. The van der Waals surface area contributed by atoms with Gasteiger partial charge in [-0.2, -0.15) is 4.98 Å². The summed E-state index contributed by atoms with van der Waals surface area (Å²) in [5, 5.41) is 7.65. The topological polar surface area (TPSA) is 127 Å². The van der Waals surface area contributed by atoms with Crippen LogP contribution in [0.5, 0.6) is 0 Å². The van der Waals surface area contributed by atoms with Gasteiger partial charge in [0.15, 0.2) is 11.5 Å². The molecule has 2 aliphatic carbocycles. The number of hydrogen-bond donors (Lipinski definition) is 2. The summed E-state index contributed by atoms with van der Waals surface area (Å²) in [6.45, 7) is 9.76. The maximum absolute atomic E-state index is 11.8. The first-order chi connectivity index (χ1) is 20.1. The average Bonchev–Trinajstić information content (AvgIpc) is 3.56. The molecule has 0 amide bonds. The minimum absolute atomic E-state index is 0.220. The molecule has 0 spiro atoms. The Labute approximate surface area is 240 Å². The maximum atomic E-state index is 11.8. The summed E-state index contributed by atoms with van der Waals surface area (Å²) in [5.74, 6) is 3.97. The molecule has 7 rings (SSSR count). The van der Waals surface area contributed by atoms with Gasteiger partial charge in [-0.3, -0.25) is 9.51 Å². The van der Waals surface area contributed by atoms with Gasteiger partial charge in [-0.15, -0.1) is 6.58 Å². The van der Waals surface area contributed by atoms with Crippen molar-refractivity contribution in [2.75, 3.05) is 30.0 Å². The van der Waals surface area contributed by atoms with E-state index in [4.69, 9.17) is 24.2 Å². The van der Waals surface area contributed by atoms with E-state index in [-0.39, 0.29) is 11.9 Å². The number of H-pyrrole nitrogens is 1. The van der Waals surface area contributed by atoms with Gasteiger partial charge in [0.2, 0.25) is 17.6 Å². The Kier molecular flexibility index (Phi) is 7.30. The average molecular weight is 563 g/mol. The molecule has 5 heterocycles. The molecule has 2 saturated heterocycles. The van der Waals surface area contributed by atoms with Crippen molar-refractivity contribution in [3.63, 3.8) is 0 Å². The van der Waals surface area contributed by atoms with Crippen LogP contribution in [-0.4, -0.2) is 61.5 Å². The third-order valence-electron chi connectivity index (χ3n) is 10.2. The second-order valence-electron chi connectivity index (χ2n) is 12.7. The van der Waals surface area contributed by atoms with E-state index >= 15 is 0 Å². The molecule has 0 bridgehead atoms. The lowest BCUT2D eigenvalue weighted by Crippen LogP contribution is -2.50. The second kappa shape index (κ2) is 11.2. The summed E-state index contributed by atoms with van der Waals surface area (Å²) in [5.41, 5.74) is 1.58. The van der Waals surface area contributed by atoms with Gasteiger partial charge in [-0.1, -0.05) is 17.7 Å². The fourth-order valence-electron chi connectivity index (χ4n) is 7.50. The van der Waals surface area contributed by atoms with Crippen LogP contribution in [0.3, 0.4) is 0 Å². The number of imidazole rings is 1. The summed E-state index contributed by atoms with van der Waals surface area (Å²) >= 11 is 0. The quantitative estimate of drug-likeness (QED) is 0.373. The molecule has 4 fully saturated rings. The number of rotatable bonds is 8. The molecular weight excluding hydrogens is 520 g/mol. The van der Waals surface area contributed by atoms with E-state index in [0.29, 0.717) is 41.2 Å². The number of nitrogens with one attached hydrogen (secondary N) is 2. The van der Waals surface area contributed by atoms with Crippen LogP contribution in [-0.2, 0) is 11.3 Å². The van der Waals surface area contributed by atoms with Gasteiger partial charge in [0.25, 0.3) is 0 Å². The number of allylic oxidation sites excluding steroid dienone is 1. The summed E-state index contributed by atoms with van der Waals surface area (Å²) < 4.78 is 13.1. The Hall–Kier alpha value is -3.21. The van der Waals surface area contributed by atoms with Crippen molar-refractivity contribution in [3.05, 3.63) is 23.2 Å². The predicted octanol–water partition coefficient (Wildman–Crippen LogP) is 4.77. The van der Waals surface area contributed by atoms with Crippen molar-refractivity contribution in [2.45, 2.75) is 89.8 Å². The lowest BCUT2D eigenvalue weighted by molar-refractivity contribution is 0.0278. The minimum Gasteiger partial charge on any atom is -0.381 e. The van der Waals surface area contributed by atoms with Crippen molar-refractivity contribution in [1.82, 2.24) is 29.7 Å². The third kappa shape index (κ3) is 5.17. The van der Waals surface area contributed by atoms with Crippen molar-refractivity contribution in [3.8, 4) is 11.6 Å². The van der Waals surface area contributed by atoms with Crippen LogP contribution in [0.2, 0.25) is 0 Å². The van der Waals surface area contributed by atoms with E-state index in [1.165, 1.54) is 51.4 Å². The lowest BCUT2D eigenvalue weighted by atomic mass is 9.80. The molecule has 3 aromatic heterocycles. The molecule has 3 aromatic rings.